The topological polar surface area (TPSA) is 52.7 Å². The predicted molar refractivity (Wildman–Crippen MR) is 99.5 cm³/mol. The highest BCUT2D eigenvalue weighted by molar-refractivity contribution is 5.88. The van der Waals surface area contributed by atoms with Crippen molar-refractivity contribution < 1.29 is 9.59 Å². The number of nitrogens with one attached hydrogen (secondary N) is 1. The van der Waals surface area contributed by atoms with E-state index in [1.165, 1.54) is 5.56 Å². The van der Waals surface area contributed by atoms with E-state index in [-0.39, 0.29) is 17.9 Å². The lowest BCUT2D eigenvalue weighted by Gasteiger charge is -2.27. The van der Waals surface area contributed by atoms with Gasteiger partial charge in [-0.2, -0.15) is 0 Å². The summed E-state index contributed by atoms with van der Waals surface area (Å²) in [5.41, 5.74) is 2.35. The van der Waals surface area contributed by atoms with Crippen LogP contribution in [0.1, 0.15) is 44.1 Å². The van der Waals surface area contributed by atoms with Gasteiger partial charge in [0.05, 0.1) is 0 Å². The molecule has 5 heteroatoms. The van der Waals surface area contributed by atoms with Gasteiger partial charge < -0.3 is 15.1 Å². The van der Waals surface area contributed by atoms with Gasteiger partial charge >= 0.3 is 0 Å². The largest absolute Gasteiger partial charge is 0.388 e. The summed E-state index contributed by atoms with van der Waals surface area (Å²) in [7, 11) is 1.91. The van der Waals surface area contributed by atoms with Gasteiger partial charge in [-0.15, -0.1) is 0 Å². The normalized spacial score (nSPS) is 20.1. The smallest absolute Gasteiger partial charge is 0.245 e. The van der Waals surface area contributed by atoms with E-state index in [1.54, 1.807) is 0 Å². The fourth-order valence-electron chi connectivity index (χ4n) is 3.90. The predicted octanol–water partition coefficient (Wildman–Crippen LogP) is 2.66. The van der Waals surface area contributed by atoms with E-state index in [2.05, 4.69) is 29.6 Å². The summed E-state index contributed by atoms with van der Waals surface area (Å²) in [4.78, 5) is 29.0. The minimum Gasteiger partial charge on any atom is -0.388 e. The molecule has 2 amide bonds. The number of benzene rings is 1. The van der Waals surface area contributed by atoms with Gasteiger partial charge in [-0.3, -0.25) is 9.59 Å². The zero-order chi connectivity index (χ0) is 17.6. The number of carbonyl (C=O) groups is 2. The minimum atomic E-state index is -0.208. The van der Waals surface area contributed by atoms with Crippen molar-refractivity contribution in [1.82, 2.24) is 9.80 Å². The Morgan fingerprint density at radius 2 is 1.80 bits per heavy atom. The van der Waals surface area contributed by atoms with Crippen LogP contribution in [0.3, 0.4) is 0 Å². The van der Waals surface area contributed by atoms with Gasteiger partial charge in [0, 0.05) is 38.8 Å². The lowest BCUT2D eigenvalue weighted by Crippen LogP contribution is -2.46. The molecule has 0 saturated carbocycles. The third kappa shape index (κ3) is 4.33. The molecule has 25 heavy (non-hydrogen) atoms. The van der Waals surface area contributed by atoms with E-state index in [0.717, 1.165) is 63.8 Å². The van der Waals surface area contributed by atoms with Gasteiger partial charge in [-0.25, -0.2) is 0 Å². The molecule has 2 saturated heterocycles. The molecule has 1 aromatic carbocycles. The summed E-state index contributed by atoms with van der Waals surface area (Å²) >= 11 is 0. The molecule has 0 bridgehead atoms. The first-order valence-corrected chi connectivity index (χ1v) is 9.54. The van der Waals surface area contributed by atoms with E-state index >= 15 is 0 Å². The Bertz CT molecular complexity index is 593. The SMILES string of the molecule is CNc1ccc(CCCC(=O)N2CCC[C@H]2C(=O)N2CCCC2)cc1. The Balaban J connectivity index is 1.48. The van der Waals surface area contributed by atoms with Crippen LogP contribution < -0.4 is 5.32 Å². The zero-order valence-electron chi connectivity index (χ0n) is 15.2. The molecule has 3 rings (SSSR count). The number of amides is 2. The zero-order valence-corrected chi connectivity index (χ0v) is 15.2. The van der Waals surface area contributed by atoms with Crippen molar-refractivity contribution in [3.05, 3.63) is 29.8 Å². The molecule has 0 unspecified atom stereocenters. The molecule has 0 aliphatic carbocycles. The quantitative estimate of drug-likeness (QED) is 0.864. The van der Waals surface area contributed by atoms with Crippen LogP contribution in [0.5, 0.6) is 0 Å². The fraction of sp³-hybridized carbons (Fsp3) is 0.600. The maximum Gasteiger partial charge on any atom is 0.245 e. The molecule has 136 valence electrons. The molecule has 1 atom stereocenters. The molecule has 0 spiro atoms. The third-order valence-corrected chi connectivity index (χ3v) is 5.37. The van der Waals surface area contributed by atoms with Gasteiger partial charge in [-0.05, 0) is 56.2 Å². The van der Waals surface area contributed by atoms with Gasteiger partial charge in [0.25, 0.3) is 0 Å². The second kappa shape index (κ2) is 8.37. The van der Waals surface area contributed by atoms with Crippen LogP contribution in [0, 0.1) is 0 Å². The van der Waals surface area contributed by atoms with Crippen LogP contribution in [0.15, 0.2) is 24.3 Å². The summed E-state index contributed by atoms with van der Waals surface area (Å²) in [5.74, 6) is 0.313. The molecule has 2 aliphatic rings. The summed E-state index contributed by atoms with van der Waals surface area (Å²) in [6, 6.07) is 8.11. The molecule has 2 heterocycles. The number of likely N-dealkylation sites (tertiary alicyclic amines) is 2. The van der Waals surface area contributed by atoms with Gasteiger partial charge in [0.15, 0.2) is 0 Å². The van der Waals surface area contributed by atoms with Crippen LogP contribution in [0.25, 0.3) is 0 Å². The van der Waals surface area contributed by atoms with Crippen molar-refractivity contribution in [3.8, 4) is 0 Å². The Hall–Kier alpha value is -2.04. The van der Waals surface area contributed by atoms with Crippen molar-refractivity contribution in [2.45, 2.75) is 51.0 Å². The standard InChI is InChI=1S/C20H29N3O2/c1-21-17-11-9-16(10-12-17)6-4-8-19(24)23-15-5-7-18(23)20(25)22-13-2-3-14-22/h9-12,18,21H,2-8,13-15H2,1H3/t18-/m0/s1. The minimum absolute atomic E-state index is 0.141. The van der Waals surface area contributed by atoms with Gasteiger partial charge in [-0.1, -0.05) is 12.1 Å². The van der Waals surface area contributed by atoms with Crippen molar-refractivity contribution in [1.29, 1.82) is 0 Å². The van der Waals surface area contributed by atoms with Crippen molar-refractivity contribution in [2.24, 2.45) is 0 Å². The first-order valence-electron chi connectivity index (χ1n) is 9.54. The highest BCUT2D eigenvalue weighted by atomic mass is 16.2. The molecule has 0 radical (unpaired) electrons. The molecule has 2 aliphatic heterocycles. The Kier molecular flexibility index (Phi) is 5.95. The van der Waals surface area contributed by atoms with E-state index < -0.39 is 0 Å². The molecule has 1 N–H and O–H groups in total. The Labute approximate surface area is 150 Å². The molecule has 5 nitrogen and oxygen atoms in total. The monoisotopic (exact) mass is 343 g/mol. The number of hydrogen-bond acceptors (Lipinski definition) is 3. The molecule has 0 aromatic heterocycles. The average molecular weight is 343 g/mol. The van der Waals surface area contributed by atoms with Gasteiger partial charge in [0.2, 0.25) is 11.8 Å². The maximum absolute atomic E-state index is 12.6. The Morgan fingerprint density at radius 1 is 1.08 bits per heavy atom. The van der Waals surface area contributed by atoms with Crippen LogP contribution in [0.2, 0.25) is 0 Å². The second-order valence-corrected chi connectivity index (χ2v) is 7.08. The van der Waals surface area contributed by atoms with E-state index in [9.17, 15) is 9.59 Å². The summed E-state index contributed by atoms with van der Waals surface area (Å²) in [5, 5.41) is 3.11. The van der Waals surface area contributed by atoms with Crippen LogP contribution in [-0.2, 0) is 16.0 Å². The second-order valence-electron chi connectivity index (χ2n) is 7.08. The average Bonchev–Trinajstić information content (AvgIpc) is 3.33. The molecule has 2 fully saturated rings. The lowest BCUT2D eigenvalue weighted by atomic mass is 10.1. The van der Waals surface area contributed by atoms with Crippen LogP contribution in [-0.4, -0.2) is 54.3 Å². The first kappa shape index (κ1) is 17.8. The number of nitrogens with zero attached hydrogens (tertiary/aromatic N) is 2. The summed E-state index contributed by atoms with van der Waals surface area (Å²) in [6.07, 6.45) is 6.22. The van der Waals surface area contributed by atoms with E-state index in [1.807, 2.05) is 16.8 Å². The highest BCUT2D eigenvalue weighted by Crippen LogP contribution is 2.23. The number of carbonyl (C=O) groups excluding carboxylic acids is 2. The third-order valence-electron chi connectivity index (χ3n) is 5.37. The molecular weight excluding hydrogens is 314 g/mol. The van der Waals surface area contributed by atoms with Crippen molar-refractivity contribution in [3.63, 3.8) is 0 Å². The first-order chi connectivity index (χ1) is 12.2. The summed E-state index contributed by atoms with van der Waals surface area (Å²) in [6.45, 7) is 2.46. The number of hydrogen-bond donors (Lipinski definition) is 1. The molecular formula is C20H29N3O2. The van der Waals surface area contributed by atoms with Crippen molar-refractivity contribution >= 4 is 17.5 Å². The number of rotatable bonds is 6. The number of anilines is 1. The molecule has 1 aromatic rings. The highest BCUT2D eigenvalue weighted by Gasteiger charge is 2.36. The van der Waals surface area contributed by atoms with Crippen LogP contribution in [0.4, 0.5) is 5.69 Å². The summed E-state index contributed by atoms with van der Waals surface area (Å²) < 4.78 is 0. The van der Waals surface area contributed by atoms with Gasteiger partial charge in [0.1, 0.15) is 6.04 Å². The van der Waals surface area contributed by atoms with E-state index in [0.29, 0.717) is 6.42 Å². The van der Waals surface area contributed by atoms with Crippen LogP contribution >= 0.6 is 0 Å². The maximum atomic E-state index is 12.6. The van der Waals surface area contributed by atoms with Crippen molar-refractivity contribution in [2.75, 3.05) is 32.0 Å². The Morgan fingerprint density at radius 3 is 2.48 bits per heavy atom. The fourth-order valence-corrected chi connectivity index (χ4v) is 3.90. The van der Waals surface area contributed by atoms with E-state index in [4.69, 9.17) is 0 Å². The number of aryl methyl sites for hydroxylation is 1. The lowest BCUT2D eigenvalue weighted by molar-refractivity contribution is -0.143.